The number of non-ortho nitro benzene ring substituents is 1. The summed E-state index contributed by atoms with van der Waals surface area (Å²) in [6.45, 7) is 6.86. The number of aryl methyl sites for hydroxylation is 1. The van der Waals surface area contributed by atoms with Crippen LogP contribution in [0.25, 0.3) is 0 Å². The zero-order chi connectivity index (χ0) is 23.5. The number of amides is 2. The molecule has 0 aliphatic heterocycles. The largest absolute Gasteiger partial charge is 0.354 e. The molecule has 1 unspecified atom stereocenters. The zero-order valence-corrected chi connectivity index (χ0v) is 19.7. The Bertz CT molecular complexity index is 918. The molecular formula is C24H31N3O4S. The Hall–Kier alpha value is -2.87. The third-order valence-electron chi connectivity index (χ3n) is 5.01. The van der Waals surface area contributed by atoms with Gasteiger partial charge in [-0.15, -0.1) is 11.8 Å². The quantitative estimate of drug-likeness (QED) is 0.375. The molecule has 0 saturated carbocycles. The lowest BCUT2D eigenvalue weighted by atomic mass is 10.1. The number of nitrogens with one attached hydrogen (secondary N) is 1. The number of rotatable bonds is 12. The number of thioether (sulfide) groups is 1. The zero-order valence-electron chi connectivity index (χ0n) is 18.9. The molecule has 2 rings (SSSR count). The van der Waals surface area contributed by atoms with Gasteiger partial charge in [0.2, 0.25) is 11.8 Å². The summed E-state index contributed by atoms with van der Waals surface area (Å²) < 4.78 is 0. The van der Waals surface area contributed by atoms with E-state index in [9.17, 15) is 19.7 Å². The molecule has 8 heteroatoms. The van der Waals surface area contributed by atoms with E-state index in [-0.39, 0.29) is 23.3 Å². The van der Waals surface area contributed by atoms with Crippen molar-refractivity contribution in [2.45, 2.75) is 52.0 Å². The summed E-state index contributed by atoms with van der Waals surface area (Å²) in [7, 11) is 0. The molecule has 7 nitrogen and oxygen atoms in total. The van der Waals surface area contributed by atoms with Gasteiger partial charge in [0.05, 0.1) is 10.7 Å². The summed E-state index contributed by atoms with van der Waals surface area (Å²) in [5.41, 5.74) is 3.04. The molecule has 2 aromatic carbocycles. The molecule has 32 heavy (non-hydrogen) atoms. The highest BCUT2D eigenvalue weighted by Gasteiger charge is 2.28. The highest BCUT2D eigenvalue weighted by molar-refractivity contribution is 7.99. The van der Waals surface area contributed by atoms with Crippen molar-refractivity contribution in [3.63, 3.8) is 0 Å². The maximum atomic E-state index is 13.2. The minimum Gasteiger partial charge on any atom is -0.354 e. The number of nitrogens with zero attached hydrogens (tertiary/aromatic N) is 2. The van der Waals surface area contributed by atoms with Crippen molar-refractivity contribution in [2.24, 2.45) is 0 Å². The van der Waals surface area contributed by atoms with Gasteiger partial charge in [-0.1, -0.05) is 55.8 Å². The molecule has 0 bridgehead atoms. The highest BCUT2D eigenvalue weighted by atomic mass is 32.2. The number of carbonyl (C=O) groups is 2. The van der Waals surface area contributed by atoms with Crippen LogP contribution < -0.4 is 5.32 Å². The number of hydrogen-bond donors (Lipinski definition) is 1. The topological polar surface area (TPSA) is 92.6 Å². The van der Waals surface area contributed by atoms with Crippen LogP contribution in [-0.2, 0) is 21.9 Å². The number of nitro groups is 1. The van der Waals surface area contributed by atoms with Crippen LogP contribution in [0.2, 0.25) is 0 Å². The van der Waals surface area contributed by atoms with E-state index in [0.717, 1.165) is 23.1 Å². The summed E-state index contributed by atoms with van der Waals surface area (Å²) in [4.78, 5) is 38.0. The normalized spacial score (nSPS) is 11.6. The SMILES string of the molecule is CCCNC(=O)C(CC)N(Cc1cccc(C)c1)C(=O)CSCc1ccc([N+](=O)[O-])cc1. The van der Waals surface area contributed by atoms with Crippen LogP contribution in [0.5, 0.6) is 0 Å². The van der Waals surface area contributed by atoms with Gasteiger partial charge in [0.15, 0.2) is 0 Å². The van der Waals surface area contributed by atoms with Crippen molar-refractivity contribution >= 4 is 29.3 Å². The second kappa shape index (κ2) is 12.9. The molecule has 0 saturated heterocycles. The predicted octanol–water partition coefficient (Wildman–Crippen LogP) is 4.47. The van der Waals surface area contributed by atoms with Crippen molar-refractivity contribution in [3.8, 4) is 0 Å². The number of nitro benzene ring substituents is 1. The first-order valence-corrected chi connectivity index (χ1v) is 11.9. The van der Waals surface area contributed by atoms with E-state index in [1.54, 1.807) is 17.0 Å². The number of carbonyl (C=O) groups excluding carboxylic acids is 2. The molecule has 0 radical (unpaired) electrons. The van der Waals surface area contributed by atoms with Gasteiger partial charge in [-0.3, -0.25) is 19.7 Å². The molecule has 0 aliphatic rings. The lowest BCUT2D eigenvalue weighted by Gasteiger charge is -2.30. The van der Waals surface area contributed by atoms with Crippen LogP contribution in [0.3, 0.4) is 0 Å². The Kier molecular flexibility index (Phi) is 10.2. The lowest BCUT2D eigenvalue weighted by Crippen LogP contribution is -2.49. The third kappa shape index (κ3) is 7.67. The van der Waals surface area contributed by atoms with Gasteiger partial charge < -0.3 is 10.2 Å². The van der Waals surface area contributed by atoms with Crippen LogP contribution in [0.1, 0.15) is 43.4 Å². The monoisotopic (exact) mass is 457 g/mol. The fourth-order valence-electron chi connectivity index (χ4n) is 3.35. The van der Waals surface area contributed by atoms with Gasteiger partial charge in [0.1, 0.15) is 6.04 Å². The van der Waals surface area contributed by atoms with Crippen LogP contribution in [0.4, 0.5) is 5.69 Å². The Balaban J connectivity index is 2.09. The van der Waals surface area contributed by atoms with Crippen molar-refractivity contribution in [2.75, 3.05) is 12.3 Å². The summed E-state index contributed by atoms with van der Waals surface area (Å²) in [5.74, 6) is 0.550. The Labute approximate surface area is 193 Å². The van der Waals surface area contributed by atoms with Crippen LogP contribution >= 0.6 is 11.8 Å². The highest BCUT2D eigenvalue weighted by Crippen LogP contribution is 2.19. The molecule has 172 valence electrons. The van der Waals surface area contributed by atoms with Gasteiger partial charge in [0, 0.05) is 31.0 Å². The van der Waals surface area contributed by atoms with Crippen LogP contribution in [0, 0.1) is 17.0 Å². The fourth-order valence-corrected chi connectivity index (χ4v) is 4.22. The third-order valence-corrected chi connectivity index (χ3v) is 6.00. The Morgan fingerprint density at radius 2 is 1.84 bits per heavy atom. The molecule has 2 aromatic rings. The molecule has 0 aromatic heterocycles. The summed E-state index contributed by atoms with van der Waals surface area (Å²) in [6.07, 6.45) is 1.36. The van der Waals surface area contributed by atoms with E-state index in [4.69, 9.17) is 0 Å². The summed E-state index contributed by atoms with van der Waals surface area (Å²) in [6, 6.07) is 13.7. The van der Waals surface area contributed by atoms with E-state index in [0.29, 0.717) is 25.3 Å². The molecule has 0 aliphatic carbocycles. The van der Waals surface area contributed by atoms with Gasteiger partial charge in [-0.25, -0.2) is 0 Å². The molecule has 0 spiro atoms. The van der Waals surface area contributed by atoms with Crippen LogP contribution in [-0.4, -0.2) is 40.0 Å². The van der Waals surface area contributed by atoms with Crippen molar-refractivity contribution in [1.29, 1.82) is 0 Å². The van der Waals surface area contributed by atoms with E-state index < -0.39 is 11.0 Å². The lowest BCUT2D eigenvalue weighted by molar-refractivity contribution is -0.384. The minimum atomic E-state index is -0.533. The van der Waals surface area contributed by atoms with E-state index >= 15 is 0 Å². The standard InChI is InChI=1S/C24H31N3O4S/c1-4-13-25-24(29)22(5-2)26(15-20-8-6-7-18(3)14-20)23(28)17-32-16-19-9-11-21(12-10-19)27(30)31/h6-12,14,22H,4-5,13,15-17H2,1-3H3,(H,25,29). The smallest absolute Gasteiger partial charge is 0.269 e. The average Bonchev–Trinajstić information content (AvgIpc) is 2.77. The predicted molar refractivity (Wildman–Crippen MR) is 128 cm³/mol. The van der Waals surface area contributed by atoms with E-state index in [2.05, 4.69) is 5.32 Å². The number of benzene rings is 2. The molecule has 0 fully saturated rings. The second-order valence-electron chi connectivity index (χ2n) is 7.64. The summed E-state index contributed by atoms with van der Waals surface area (Å²) in [5, 5.41) is 13.7. The first-order valence-electron chi connectivity index (χ1n) is 10.8. The molecule has 2 amide bonds. The maximum absolute atomic E-state index is 13.2. The van der Waals surface area contributed by atoms with Gasteiger partial charge in [-0.05, 0) is 30.9 Å². The van der Waals surface area contributed by atoms with Gasteiger partial charge >= 0.3 is 0 Å². The summed E-state index contributed by atoms with van der Waals surface area (Å²) >= 11 is 1.44. The fraction of sp³-hybridized carbons (Fsp3) is 0.417. The van der Waals surface area contributed by atoms with Crippen LogP contribution in [0.15, 0.2) is 48.5 Å². The van der Waals surface area contributed by atoms with Gasteiger partial charge in [0.25, 0.3) is 5.69 Å². The van der Waals surface area contributed by atoms with Crippen molar-refractivity contribution in [3.05, 3.63) is 75.3 Å². The number of hydrogen-bond acceptors (Lipinski definition) is 5. The first-order chi connectivity index (χ1) is 15.3. The Morgan fingerprint density at radius 1 is 1.12 bits per heavy atom. The first kappa shape index (κ1) is 25.4. The van der Waals surface area contributed by atoms with Crippen molar-refractivity contribution < 1.29 is 14.5 Å². The van der Waals surface area contributed by atoms with E-state index in [1.165, 1.54) is 23.9 Å². The molecule has 1 atom stereocenters. The molecule has 1 N–H and O–H groups in total. The molecular weight excluding hydrogens is 426 g/mol. The maximum Gasteiger partial charge on any atom is 0.269 e. The van der Waals surface area contributed by atoms with Gasteiger partial charge in [-0.2, -0.15) is 0 Å². The minimum absolute atomic E-state index is 0.0445. The second-order valence-corrected chi connectivity index (χ2v) is 8.63. The molecule has 0 heterocycles. The Morgan fingerprint density at radius 3 is 2.44 bits per heavy atom. The van der Waals surface area contributed by atoms with Crippen molar-refractivity contribution in [1.82, 2.24) is 10.2 Å². The van der Waals surface area contributed by atoms with E-state index in [1.807, 2.05) is 45.0 Å². The average molecular weight is 458 g/mol.